The van der Waals surface area contributed by atoms with Crippen LogP contribution in [0, 0.1) is 5.82 Å². The molecule has 0 heterocycles. The molecule has 1 amide bonds. The Bertz CT molecular complexity index is 374. The van der Waals surface area contributed by atoms with Crippen molar-refractivity contribution in [3.05, 3.63) is 34.6 Å². The molecule has 0 bridgehead atoms. The van der Waals surface area contributed by atoms with Gasteiger partial charge in [-0.15, -0.1) is 0 Å². The van der Waals surface area contributed by atoms with Crippen LogP contribution in [-0.4, -0.2) is 23.7 Å². The molecule has 2 N–H and O–H groups in total. The van der Waals surface area contributed by atoms with Gasteiger partial charge in [-0.25, -0.2) is 4.39 Å². The number of nitrogens with one attached hydrogen (secondary N) is 1. The van der Waals surface area contributed by atoms with E-state index in [9.17, 15) is 9.18 Å². The van der Waals surface area contributed by atoms with E-state index in [4.69, 9.17) is 16.7 Å². The van der Waals surface area contributed by atoms with Gasteiger partial charge in [-0.1, -0.05) is 24.6 Å². The van der Waals surface area contributed by atoms with Crippen molar-refractivity contribution in [2.45, 2.75) is 25.8 Å². The van der Waals surface area contributed by atoms with Gasteiger partial charge in [-0.05, 0) is 18.6 Å². The summed E-state index contributed by atoms with van der Waals surface area (Å²) < 4.78 is 13.4. The molecule has 0 fully saturated rings. The summed E-state index contributed by atoms with van der Waals surface area (Å²) in [5, 5.41) is 11.8. The quantitative estimate of drug-likeness (QED) is 0.849. The SMILES string of the molecule is CCC(CO)NC(=O)Cc1c(F)cccc1Cl. The second-order valence-corrected chi connectivity index (χ2v) is 4.14. The van der Waals surface area contributed by atoms with Crippen LogP contribution in [-0.2, 0) is 11.2 Å². The van der Waals surface area contributed by atoms with E-state index in [1.165, 1.54) is 18.2 Å². The predicted molar refractivity (Wildman–Crippen MR) is 64.4 cm³/mol. The van der Waals surface area contributed by atoms with E-state index in [0.29, 0.717) is 6.42 Å². The van der Waals surface area contributed by atoms with Gasteiger partial charge in [0.15, 0.2) is 0 Å². The number of amides is 1. The number of hydrogen-bond donors (Lipinski definition) is 2. The summed E-state index contributed by atoms with van der Waals surface area (Å²) in [4.78, 5) is 11.6. The largest absolute Gasteiger partial charge is 0.394 e. The smallest absolute Gasteiger partial charge is 0.224 e. The molecular formula is C12H15ClFNO2. The topological polar surface area (TPSA) is 49.3 Å². The second kappa shape index (κ2) is 6.57. The second-order valence-electron chi connectivity index (χ2n) is 3.73. The number of carbonyl (C=O) groups is 1. The van der Waals surface area contributed by atoms with Crippen molar-refractivity contribution >= 4 is 17.5 Å². The molecule has 1 unspecified atom stereocenters. The lowest BCUT2D eigenvalue weighted by Crippen LogP contribution is -2.38. The van der Waals surface area contributed by atoms with Crippen LogP contribution in [0.3, 0.4) is 0 Å². The van der Waals surface area contributed by atoms with Gasteiger partial charge < -0.3 is 10.4 Å². The van der Waals surface area contributed by atoms with E-state index in [-0.39, 0.29) is 35.6 Å². The van der Waals surface area contributed by atoms with Gasteiger partial charge in [0.05, 0.1) is 19.1 Å². The standard InChI is InChI=1S/C12H15ClFNO2/c1-2-8(7-16)15-12(17)6-9-10(13)4-3-5-11(9)14/h3-5,8,16H,2,6-7H2,1H3,(H,15,17). The van der Waals surface area contributed by atoms with Crippen molar-refractivity contribution in [3.8, 4) is 0 Å². The van der Waals surface area contributed by atoms with Crippen LogP contribution in [0.2, 0.25) is 5.02 Å². The Morgan fingerprint density at radius 2 is 2.29 bits per heavy atom. The van der Waals surface area contributed by atoms with E-state index < -0.39 is 5.82 Å². The first kappa shape index (κ1) is 13.9. The molecule has 1 aromatic rings. The minimum Gasteiger partial charge on any atom is -0.394 e. The fourth-order valence-corrected chi connectivity index (χ4v) is 1.65. The average Bonchev–Trinajstić information content (AvgIpc) is 2.31. The first-order valence-corrected chi connectivity index (χ1v) is 5.79. The molecule has 94 valence electrons. The van der Waals surface area contributed by atoms with E-state index in [1.54, 1.807) is 0 Å². The van der Waals surface area contributed by atoms with Crippen LogP contribution < -0.4 is 5.32 Å². The average molecular weight is 260 g/mol. The molecule has 1 aromatic carbocycles. The van der Waals surface area contributed by atoms with Crippen molar-refractivity contribution in [3.63, 3.8) is 0 Å². The lowest BCUT2D eigenvalue weighted by Gasteiger charge is -2.14. The highest BCUT2D eigenvalue weighted by Crippen LogP contribution is 2.19. The number of halogens is 2. The van der Waals surface area contributed by atoms with Crippen molar-refractivity contribution in [2.24, 2.45) is 0 Å². The maximum atomic E-state index is 13.4. The summed E-state index contributed by atoms with van der Waals surface area (Å²) in [7, 11) is 0. The molecule has 0 spiro atoms. The van der Waals surface area contributed by atoms with Gasteiger partial charge in [-0.2, -0.15) is 0 Å². The molecule has 17 heavy (non-hydrogen) atoms. The van der Waals surface area contributed by atoms with Gasteiger partial charge in [0.25, 0.3) is 0 Å². The molecule has 0 aliphatic rings. The summed E-state index contributed by atoms with van der Waals surface area (Å²) in [6, 6.07) is 3.99. The molecule has 0 saturated carbocycles. The third-order valence-corrected chi connectivity index (χ3v) is 2.83. The van der Waals surface area contributed by atoms with E-state index >= 15 is 0 Å². The minimum atomic E-state index is -0.496. The van der Waals surface area contributed by atoms with Crippen LogP contribution >= 0.6 is 11.6 Å². The van der Waals surface area contributed by atoms with Crippen LogP contribution in [0.1, 0.15) is 18.9 Å². The molecule has 0 saturated heterocycles. The third-order valence-electron chi connectivity index (χ3n) is 2.48. The van der Waals surface area contributed by atoms with Crippen LogP contribution in [0.5, 0.6) is 0 Å². The maximum Gasteiger partial charge on any atom is 0.224 e. The van der Waals surface area contributed by atoms with E-state index in [0.717, 1.165) is 0 Å². The van der Waals surface area contributed by atoms with Crippen LogP contribution in [0.25, 0.3) is 0 Å². The first-order valence-electron chi connectivity index (χ1n) is 5.41. The van der Waals surface area contributed by atoms with Gasteiger partial charge in [0.1, 0.15) is 5.82 Å². The molecule has 1 rings (SSSR count). The van der Waals surface area contributed by atoms with Crippen LogP contribution in [0.4, 0.5) is 4.39 Å². The molecule has 0 radical (unpaired) electrons. The van der Waals surface area contributed by atoms with Gasteiger partial charge in [-0.3, -0.25) is 4.79 Å². The number of rotatable bonds is 5. The molecule has 0 aliphatic carbocycles. The summed E-state index contributed by atoms with van der Waals surface area (Å²) in [6.07, 6.45) is 0.495. The number of benzene rings is 1. The molecule has 0 aliphatic heterocycles. The van der Waals surface area contributed by atoms with Gasteiger partial charge in [0, 0.05) is 10.6 Å². The summed E-state index contributed by atoms with van der Waals surface area (Å²) in [5.41, 5.74) is 0.180. The van der Waals surface area contributed by atoms with Crippen LogP contribution in [0.15, 0.2) is 18.2 Å². The fourth-order valence-electron chi connectivity index (χ4n) is 1.42. The number of aliphatic hydroxyl groups excluding tert-OH is 1. The van der Waals surface area contributed by atoms with E-state index in [1.807, 2.05) is 6.92 Å². The van der Waals surface area contributed by atoms with Crippen molar-refractivity contribution in [1.82, 2.24) is 5.32 Å². The zero-order valence-electron chi connectivity index (χ0n) is 9.54. The maximum absolute atomic E-state index is 13.4. The Morgan fingerprint density at radius 3 is 2.82 bits per heavy atom. The first-order chi connectivity index (χ1) is 8.08. The predicted octanol–water partition coefficient (Wildman–Crippen LogP) is 1.91. The van der Waals surface area contributed by atoms with Crippen molar-refractivity contribution in [2.75, 3.05) is 6.61 Å². The Balaban J connectivity index is 2.68. The molecule has 3 nitrogen and oxygen atoms in total. The highest BCUT2D eigenvalue weighted by Gasteiger charge is 2.14. The summed E-state index contributed by atoms with van der Waals surface area (Å²) in [6.45, 7) is 1.71. The number of aliphatic hydroxyl groups is 1. The lowest BCUT2D eigenvalue weighted by molar-refractivity contribution is -0.121. The summed E-state index contributed by atoms with van der Waals surface area (Å²) >= 11 is 5.81. The Hall–Kier alpha value is -1.13. The Labute approximate surface area is 105 Å². The Morgan fingerprint density at radius 1 is 1.59 bits per heavy atom. The normalized spacial score (nSPS) is 12.2. The molecule has 1 atom stereocenters. The number of hydrogen-bond acceptors (Lipinski definition) is 2. The van der Waals surface area contributed by atoms with E-state index in [2.05, 4.69) is 5.32 Å². The minimum absolute atomic E-state index is 0.123. The third kappa shape index (κ3) is 3.98. The molecule has 0 aromatic heterocycles. The summed E-state index contributed by atoms with van der Waals surface area (Å²) in [5.74, 6) is -0.845. The Kier molecular flexibility index (Phi) is 5.38. The fraction of sp³-hybridized carbons (Fsp3) is 0.417. The van der Waals surface area contributed by atoms with Crippen molar-refractivity contribution < 1.29 is 14.3 Å². The zero-order chi connectivity index (χ0) is 12.8. The van der Waals surface area contributed by atoms with Gasteiger partial charge >= 0.3 is 0 Å². The monoisotopic (exact) mass is 259 g/mol. The van der Waals surface area contributed by atoms with Crippen molar-refractivity contribution in [1.29, 1.82) is 0 Å². The number of carbonyl (C=O) groups excluding carboxylic acids is 1. The van der Waals surface area contributed by atoms with Gasteiger partial charge in [0.2, 0.25) is 5.91 Å². The molecule has 5 heteroatoms. The highest BCUT2D eigenvalue weighted by atomic mass is 35.5. The zero-order valence-corrected chi connectivity index (χ0v) is 10.3. The lowest BCUT2D eigenvalue weighted by atomic mass is 10.1. The highest BCUT2D eigenvalue weighted by molar-refractivity contribution is 6.31. The molecular weight excluding hydrogens is 245 g/mol.